The minimum absolute atomic E-state index is 0.425. The summed E-state index contributed by atoms with van der Waals surface area (Å²) < 4.78 is 12.8. The van der Waals surface area contributed by atoms with Crippen LogP contribution in [0.3, 0.4) is 0 Å². The third kappa shape index (κ3) is 3.74. The van der Waals surface area contributed by atoms with Crippen LogP contribution in [0.25, 0.3) is 28.4 Å². The molecule has 1 aromatic carbocycles. The quantitative estimate of drug-likeness (QED) is 0.651. The first-order chi connectivity index (χ1) is 13.9. The number of allylic oxidation sites excluding steroid dienone is 2. The Kier molecular flexibility index (Phi) is 4.62. The van der Waals surface area contributed by atoms with Gasteiger partial charge in [0.1, 0.15) is 11.4 Å². The van der Waals surface area contributed by atoms with Crippen molar-refractivity contribution in [2.45, 2.75) is 26.4 Å². The van der Waals surface area contributed by atoms with E-state index in [2.05, 4.69) is 9.98 Å². The number of aliphatic imine (C=N–C) groups is 1. The number of hydrogen-bond acceptors (Lipinski definition) is 4. The number of aromatic nitrogens is 2. The summed E-state index contributed by atoms with van der Waals surface area (Å²) >= 11 is 0. The van der Waals surface area contributed by atoms with Gasteiger partial charge in [-0.15, -0.1) is 0 Å². The van der Waals surface area contributed by atoms with Gasteiger partial charge in [0, 0.05) is 17.7 Å². The Balaban J connectivity index is 1.86. The zero-order valence-corrected chi connectivity index (χ0v) is 16.9. The molecule has 6 heteroatoms. The van der Waals surface area contributed by atoms with Crippen LogP contribution in [0.15, 0.2) is 59.2 Å². The van der Waals surface area contributed by atoms with Gasteiger partial charge in [-0.3, -0.25) is 4.99 Å². The largest absolute Gasteiger partial charge is 0.494 e. The van der Waals surface area contributed by atoms with Crippen molar-refractivity contribution in [1.29, 1.82) is 0 Å². The van der Waals surface area contributed by atoms with Crippen molar-refractivity contribution in [1.82, 2.24) is 9.55 Å². The van der Waals surface area contributed by atoms with Gasteiger partial charge in [-0.05, 0) is 51.1 Å². The molecule has 0 saturated heterocycles. The summed E-state index contributed by atoms with van der Waals surface area (Å²) in [4.78, 5) is 20.7. The third-order valence-electron chi connectivity index (χ3n) is 4.46. The van der Waals surface area contributed by atoms with Crippen LogP contribution in [0.5, 0.6) is 5.75 Å². The van der Waals surface area contributed by atoms with Crippen LogP contribution in [0.4, 0.5) is 4.79 Å². The minimum atomic E-state index is -0.602. The van der Waals surface area contributed by atoms with Gasteiger partial charge < -0.3 is 14.5 Å². The number of para-hydroxylation sites is 1. The number of rotatable bonds is 3. The molecule has 4 rings (SSSR count). The van der Waals surface area contributed by atoms with Gasteiger partial charge in [-0.2, -0.15) is 0 Å². The lowest BCUT2D eigenvalue weighted by Gasteiger charge is -2.20. The lowest BCUT2D eigenvalue weighted by atomic mass is 10.2. The highest BCUT2D eigenvalue weighted by Gasteiger charge is 2.24. The van der Waals surface area contributed by atoms with Crippen molar-refractivity contribution in [3.8, 4) is 17.1 Å². The van der Waals surface area contributed by atoms with E-state index in [1.54, 1.807) is 17.9 Å². The fraction of sp³-hybridized carbons (Fsp3) is 0.217. The molecule has 1 N–H and O–H groups in total. The number of aromatic amines is 1. The molecule has 29 heavy (non-hydrogen) atoms. The van der Waals surface area contributed by atoms with Gasteiger partial charge in [0.25, 0.3) is 0 Å². The Morgan fingerprint density at radius 3 is 2.69 bits per heavy atom. The summed E-state index contributed by atoms with van der Waals surface area (Å²) in [7, 11) is 1.62. The zero-order chi connectivity index (χ0) is 20.6. The predicted octanol–water partition coefficient (Wildman–Crippen LogP) is 5.41. The fourth-order valence-corrected chi connectivity index (χ4v) is 3.27. The maximum atomic E-state index is 13.0. The number of nitrogens with one attached hydrogen (secondary N) is 1. The van der Waals surface area contributed by atoms with Crippen molar-refractivity contribution in [2.75, 3.05) is 7.11 Å². The zero-order valence-electron chi connectivity index (χ0n) is 16.9. The molecule has 0 saturated carbocycles. The highest BCUT2D eigenvalue weighted by Crippen LogP contribution is 2.33. The van der Waals surface area contributed by atoms with Gasteiger partial charge in [0.05, 0.1) is 35.4 Å². The normalized spacial score (nSPS) is 14.8. The number of nitrogens with zero attached hydrogens (tertiary/aromatic N) is 2. The van der Waals surface area contributed by atoms with Crippen molar-refractivity contribution < 1.29 is 14.3 Å². The summed E-state index contributed by atoms with van der Waals surface area (Å²) in [6.45, 7) is 5.57. The van der Waals surface area contributed by atoms with Crippen LogP contribution in [0.2, 0.25) is 0 Å². The molecule has 3 heterocycles. The monoisotopic (exact) mass is 389 g/mol. The van der Waals surface area contributed by atoms with Crippen molar-refractivity contribution in [2.24, 2.45) is 4.99 Å². The van der Waals surface area contributed by atoms with E-state index in [4.69, 9.17) is 9.47 Å². The maximum Gasteiger partial charge on any atom is 0.419 e. The molecule has 1 aliphatic heterocycles. The minimum Gasteiger partial charge on any atom is -0.494 e. The van der Waals surface area contributed by atoms with Crippen LogP contribution in [0, 0.1) is 0 Å². The molecule has 6 nitrogen and oxygen atoms in total. The second kappa shape index (κ2) is 7.13. The number of H-pyrrole nitrogens is 1. The molecular formula is C23H23N3O3. The smallest absolute Gasteiger partial charge is 0.419 e. The van der Waals surface area contributed by atoms with Gasteiger partial charge in [0.15, 0.2) is 0 Å². The van der Waals surface area contributed by atoms with E-state index in [-0.39, 0.29) is 0 Å². The van der Waals surface area contributed by atoms with Crippen LogP contribution in [-0.4, -0.2) is 34.6 Å². The molecule has 0 fully saturated rings. The number of benzene rings is 1. The Morgan fingerprint density at radius 1 is 1.21 bits per heavy atom. The molecule has 1 aliphatic rings. The standard InChI is InChI=1S/C23H23N3O3/c1-23(2,3)29-22(27)26-19-10-6-5-8-15(19)12-20(26)17-14-21(28-4)18(25-17)13-16-9-7-11-24-16/h5-14,25H,1-4H3/b16-13-. The van der Waals surface area contributed by atoms with E-state index in [1.807, 2.05) is 75.4 Å². The second-order valence-electron chi connectivity index (χ2n) is 7.78. The van der Waals surface area contributed by atoms with Gasteiger partial charge >= 0.3 is 6.09 Å². The van der Waals surface area contributed by atoms with E-state index >= 15 is 0 Å². The van der Waals surface area contributed by atoms with Crippen molar-refractivity contribution >= 4 is 29.3 Å². The number of hydrogen-bond donors (Lipinski definition) is 1. The average molecular weight is 389 g/mol. The molecule has 0 radical (unpaired) electrons. The lowest BCUT2D eigenvalue weighted by molar-refractivity contribution is 0.0547. The lowest BCUT2D eigenvalue weighted by Crippen LogP contribution is -2.27. The number of carbonyl (C=O) groups excluding carboxylic acids is 1. The van der Waals surface area contributed by atoms with Gasteiger partial charge in [-0.1, -0.05) is 18.2 Å². The number of ether oxygens (including phenoxy) is 2. The fourth-order valence-electron chi connectivity index (χ4n) is 3.27. The molecule has 0 unspecified atom stereocenters. The topological polar surface area (TPSA) is 68.6 Å². The summed E-state index contributed by atoms with van der Waals surface area (Å²) in [6.07, 6.45) is 7.01. The number of fused-ring (bicyclic) bond motifs is 1. The number of carbonyl (C=O) groups is 1. The molecule has 0 amide bonds. The Hall–Kier alpha value is -3.54. The van der Waals surface area contributed by atoms with Crippen LogP contribution in [0.1, 0.15) is 26.5 Å². The van der Waals surface area contributed by atoms with E-state index in [9.17, 15) is 4.79 Å². The van der Waals surface area contributed by atoms with E-state index < -0.39 is 11.7 Å². The van der Waals surface area contributed by atoms with E-state index in [0.717, 1.165) is 28.0 Å². The van der Waals surface area contributed by atoms with Gasteiger partial charge in [-0.25, -0.2) is 9.36 Å². The van der Waals surface area contributed by atoms with E-state index in [1.165, 1.54) is 0 Å². The predicted molar refractivity (Wildman–Crippen MR) is 116 cm³/mol. The van der Waals surface area contributed by atoms with E-state index in [0.29, 0.717) is 11.4 Å². The highest BCUT2D eigenvalue weighted by molar-refractivity contribution is 5.96. The number of methoxy groups -OCH3 is 1. The molecule has 2 aromatic heterocycles. The maximum absolute atomic E-state index is 13.0. The molecular weight excluding hydrogens is 366 g/mol. The first kappa shape index (κ1) is 18.8. The summed E-state index contributed by atoms with van der Waals surface area (Å²) in [6, 6.07) is 11.6. The summed E-state index contributed by atoms with van der Waals surface area (Å²) in [5.74, 6) is 0.670. The molecule has 0 bridgehead atoms. The average Bonchev–Trinajstić information content (AvgIpc) is 3.38. The van der Waals surface area contributed by atoms with Gasteiger partial charge in [0.2, 0.25) is 0 Å². The highest BCUT2D eigenvalue weighted by atomic mass is 16.6. The third-order valence-corrected chi connectivity index (χ3v) is 4.46. The Morgan fingerprint density at radius 2 is 2.00 bits per heavy atom. The first-order valence-electron chi connectivity index (χ1n) is 9.39. The first-order valence-corrected chi connectivity index (χ1v) is 9.39. The summed E-state index contributed by atoms with van der Waals surface area (Å²) in [5.41, 5.74) is 3.24. The SMILES string of the molecule is COc1cc(-c2cc3ccccc3n2C(=O)OC(C)(C)C)[nH]c1/C=C1/C=CC=N1. The van der Waals surface area contributed by atoms with Crippen molar-refractivity contribution in [3.63, 3.8) is 0 Å². The van der Waals surface area contributed by atoms with Crippen molar-refractivity contribution in [3.05, 3.63) is 59.9 Å². The molecule has 148 valence electrons. The van der Waals surface area contributed by atoms with Crippen LogP contribution in [-0.2, 0) is 4.74 Å². The summed E-state index contributed by atoms with van der Waals surface area (Å²) in [5, 5.41) is 0.949. The molecule has 0 atom stereocenters. The second-order valence-corrected chi connectivity index (χ2v) is 7.78. The van der Waals surface area contributed by atoms with Crippen LogP contribution >= 0.6 is 0 Å². The molecule has 0 aliphatic carbocycles. The molecule has 3 aromatic rings. The molecule has 0 spiro atoms. The Bertz CT molecular complexity index is 1160. The van der Waals surface area contributed by atoms with Crippen LogP contribution < -0.4 is 4.74 Å². The Labute approximate surface area is 169 Å².